The van der Waals surface area contributed by atoms with E-state index in [1.807, 2.05) is 17.5 Å². The molecule has 0 aliphatic carbocycles. The van der Waals surface area contributed by atoms with Gasteiger partial charge in [-0.3, -0.25) is 0 Å². The Hall–Kier alpha value is -1.95. The number of esters is 1. The number of rotatable bonds is 4. The van der Waals surface area contributed by atoms with Crippen LogP contribution in [0.2, 0.25) is 0 Å². The smallest absolute Gasteiger partial charge is 0.343 e. The van der Waals surface area contributed by atoms with Crippen molar-refractivity contribution in [3.63, 3.8) is 0 Å². The molecule has 0 saturated carbocycles. The molecular formula is C15H17N3O2S. The van der Waals surface area contributed by atoms with E-state index < -0.39 is 0 Å². The Bertz CT molecular complexity index is 622. The van der Waals surface area contributed by atoms with Gasteiger partial charge in [0.2, 0.25) is 0 Å². The van der Waals surface area contributed by atoms with Gasteiger partial charge in [-0.15, -0.1) is 11.3 Å². The van der Waals surface area contributed by atoms with Crippen LogP contribution in [0.1, 0.15) is 30.1 Å². The quantitative estimate of drug-likeness (QED) is 0.813. The minimum absolute atomic E-state index is 0.350. The topological polar surface area (TPSA) is 55.3 Å². The molecule has 3 heterocycles. The van der Waals surface area contributed by atoms with E-state index in [0.717, 1.165) is 30.8 Å². The second-order valence-corrected chi connectivity index (χ2v) is 5.77. The highest BCUT2D eigenvalue weighted by atomic mass is 32.1. The summed E-state index contributed by atoms with van der Waals surface area (Å²) in [5, 5.41) is 1.99. The number of aromatic nitrogens is 2. The minimum Gasteiger partial charge on any atom is -0.462 e. The third kappa shape index (κ3) is 2.90. The van der Waals surface area contributed by atoms with E-state index in [4.69, 9.17) is 4.74 Å². The van der Waals surface area contributed by atoms with Crippen LogP contribution in [-0.4, -0.2) is 35.6 Å². The molecule has 0 bridgehead atoms. The number of carbonyl (C=O) groups is 1. The molecule has 6 heteroatoms. The Morgan fingerprint density at radius 3 is 2.90 bits per heavy atom. The summed E-state index contributed by atoms with van der Waals surface area (Å²) in [6.07, 6.45) is 3.84. The van der Waals surface area contributed by atoms with Crippen LogP contribution in [0.4, 0.5) is 5.82 Å². The zero-order chi connectivity index (χ0) is 14.7. The van der Waals surface area contributed by atoms with Crippen molar-refractivity contribution in [1.82, 2.24) is 9.97 Å². The first-order valence-corrected chi connectivity index (χ1v) is 8.00. The van der Waals surface area contributed by atoms with Gasteiger partial charge in [0.25, 0.3) is 0 Å². The number of thiophene rings is 1. The zero-order valence-electron chi connectivity index (χ0n) is 11.9. The van der Waals surface area contributed by atoms with Crippen LogP contribution < -0.4 is 4.90 Å². The molecule has 3 rings (SSSR count). The Labute approximate surface area is 127 Å². The molecule has 2 aromatic rings. The van der Waals surface area contributed by atoms with Crippen LogP contribution in [-0.2, 0) is 4.74 Å². The predicted molar refractivity (Wildman–Crippen MR) is 82.7 cm³/mol. The monoisotopic (exact) mass is 303 g/mol. The van der Waals surface area contributed by atoms with Gasteiger partial charge >= 0.3 is 5.97 Å². The molecule has 0 N–H and O–H groups in total. The normalized spacial score (nSPS) is 14.4. The molecular weight excluding hydrogens is 286 g/mol. The molecule has 1 fully saturated rings. The predicted octanol–water partition coefficient (Wildman–Crippen LogP) is 2.98. The third-order valence-corrected chi connectivity index (χ3v) is 4.28. The van der Waals surface area contributed by atoms with E-state index in [-0.39, 0.29) is 5.97 Å². The second kappa shape index (κ2) is 6.22. The van der Waals surface area contributed by atoms with Crippen molar-refractivity contribution in [2.24, 2.45) is 0 Å². The number of hydrogen-bond acceptors (Lipinski definition) is 6. The molecule has 1 aliphatic heterocycles. The summed E-state index contributed by atoms with van der Waals surface area (Å²) in [6, 6.07) is 3.95. The molecule has 21 heavy (non-hydrogen) atoms. The molecule has 0 radical (unpaired) electrons. The van der Waals surface area contributed by atoms with Gasteiger partial charge in [0.15, 0.2) is 5.82 Å². The van der Waals surface area contributed by atoms with E-state index >= 15 is 0 Å². The number of carbonyl (C=O) groups excluding carboxylic acids is 1. The Morgan fingerprint density at radius 1 is 1.43 bits per heavy atom. The van der Waals surface area contributed by atoms with E-state index in [0.29, 0.717) is 23.8 Å². The summed E-state index contributed by atoms with van der Waals surface area (Å²) < 4.78 is 5.12. The van der Waals surface area contributed by atoms with Crippen LogP contribution >= 0.6 is 11.3 Å². The van der Waals surface area contributed by atoms with Gasteiger partial charge in [-0.2, -0.15) is 0 Å². The fraction of sp³-hybridized carbons (Fsp3) is 0.400. The number of nitrogens with zero attached hydrogens (tertiary/aromatic N) is 3. The molecule has 0 amide bonds. The fourth-order valence-electron chi connectivity index (χ4n) is 2.42. The fourth-order valence-corrected chi connectivity index (χ4v) is 3.08. The zero-order valence-corrected chi connectivity index (χ0v) is 12.7. The highest BCUT2D eigenvalue weighted by Gasteiger charge is 2.23. The van der Waals surface area contributed by atoms with Crippen LogP contribution in [0.5, 0.6) is 0 Å². The molecule has 110 valence electrons. The number of anilines is 1. The van der Waals surface area contributed by atoms with Crippen LogP contribution in [0.25, 0.3) is 10.7 Å². The second-order valence-electron chi connectivity index (χ2n) is 4.82. The maximum Gasteiger partial charge on any atom is 0.343 e. The first-order valence-electron chi connectivity index (χ1n) is 7.12. The molecule has 0 unspecified atom stereocenters. The van der Waals surface area contributed by atoms with Gasteiger partial charge in [0.05, 0.1) is 11.5 Å². The Morgan fingerprint density at radius 2 is 2.24 bits per heavy atom. The lowest BCUT2D eigenvalue weighted by Crippen LogP contribution is -2.23. The molecule has 0 aromatic carbocycles. The van der Waals surface area contributed by atoms with Crippen molar-refractivity contribution in [3.05, 3.63) is 29.3 Å². The average Bonchev–Trinajstić information content (AvgIpc) is 3.20. The summed E-state index contributed by atoms with van der Waals surface area (Å²) in [5.74, 6) is 1.02. The third-order valence-electron chi connectivity index (χ3n) is 3.41. The minimum atomic E-state index is -0.350. The first kappa shape index (κ1) is 14.0. The maximum atomic E-state index is 12.1. The van der Waals surface area contributed by atoms with Crippen molar-refractivity contribution < 1.29 is 9.53 Å². The van der Waals surface area contributed by atoms with Crippen molar-refractivity contribution in [1.29, 1.82) is 0 Å². The number of hydrogen-bond donors (Lipinski definition) is 0. The average molecular weight is 303 g/mol. The summed E-state index contributed by atoms with van der Waals surface area (Å²) in [4.78, 5) is 24.2. The van der Waals surface area contributed by atoms with Gasteiger partial charge in [0.1, 0.15) is 11.4 Å². The van der Waals surface area contributed by atoms with Crippen LogP contribution in [0.15, 0.2) is 23.7 Å². The van der Waals surface area contributed by atoms with E-state index in [2.05, 4.69) is 14.9 Å². The summed E-state index contributed by atoms with van der Waals surface area (Å²) in [5.41, 5.74) is 0.457. The van der Waals surface area contributed by atoms with Crippen LogP contribution in [0.3, 0.4) is 0 Å². The first-order chi connectivity index (χ1) is 10.3. The standard InChI is InChI=1S/C15H17N3O2S/c1-2-20-15(19)11-10-16-13(12-6-5-9-21-12)17-14(11)18-7-3-4-8-18/h5-6,9-10H,2-4,7-8H2,1H3. The van der Waals surface area contributed by atoms with E-state index in [9.17, 15) is 4.79 Å². The lowest BCUT2D eigenvalue weighted by molar-refractivity contribution is 0.0526. The molecule has 2 aromatic heterocycles. The van der Waals surface area contributed by atoms with Gasteiger partial charge < -0.3 is 9.64 Å². The van der Waals surface area contributed by atoms with Gasteiger partial charge in [-0.25, -0.2) is 14.8 Å². The molecule has 5 nitrogen and oxygen atoms in total. The molecule has 0 spiro atoms. The van der Waals surface area contributed by atoms with E-state index in [1.165, 1.54) is 0 Å². The van der Waals surface area contributed by atoms with Crippen molar-refractivity contribution in [2.45, 2.75) is 19.8 Å². The van der Waals surface area contributed by atoms with Crippen molar-refractivity contribution >= 4 is 23.1 Å². The molecule has 1 aliphatic rings. The van der Waals surface area contributed by atoms with Gasteiger partial charge in [0, 0.05) is 19.3 Å². The summed E-state index contributed by atoms with van der Waals surface area (Å²) in [7, 11) is 0. The summed E-state index contributed by atoms with van der Waals surface area (Å²) in [6.45, 7) is 4.00. The Balaban J connectivity index is 2.01. The molecule has 0 atom stereocenters. The van der Waals surface area contributed by atoms with Crippen LogP contribution in [0, 0.1) is 0 Å². The van der Waals surface area contributed by atoms with Crippen molar-refractivity contribution in [3.8, 4) is 10.7 Å². The molecule has 1 saturated heterocycles. The Kier molecular flexibility index (Phi) is 4.15. The van der Waals surface area contributed by atoms with E-state index in [1.54, 1.807) is 24.5 Å². The van der Waals surface area contributed by atoms with Gasteiger partial charge in [-0.05, 0) is 31.2 Å². The lowest BCUT2D eigenvalue weighted by atomic mass is 10.2. The van der Waals surface area contributed by atoms with Gasteiger partial charge in [-0.1, -0.05) is 6.07 Å². The maximum absolute atomic E-state index is 12.1. The largest absolute Gasteiger partial charge is 0.462 e. The number of ether oxygens (including phenoxy) is 1. The highest BCUT2D eigenvalue weighted by Crippen LogP contribution is 2.27. The lowest BCUT2D eigenvalue weighted by Gasteiger charge is -2.19. The SMILES string of the molecule is CCOC(=O)c1cnc(-c2cccs2)nc1N1CCCC1. The van der Waals surface area contributed by atoms with Crippen molar-refractivity contribution in [2.75, 3.05) is 24.6 Å². The summed E-state index contributed by atoms with van der Waals surface area (Å²) >= 11 is 1.59. The highest BCUT2D eigenvalue weighted by molar-refractivity contribution is 7.13.